The number of benzene rings is 1. The van der Waals surface area contributed by atoms with E-state index in [1.807, 2.05) is 18.2 Å². The fourth-order valence-corrected chi connectivity index (χ4v) is 1.94. The summed E-state index contributed by atoms with van der Waals surface area (Å²) in [5, 5.41) is 6.20. The minimum Gasteiger partial charge on any atom is -0.356 e. The van der Waals surface area contributed by atoms with E-state index in [0.29, 0.717) is 31.0 Å². The molecule has 0 saturated carbocycles. The van der Waals surface area contributed by atoms with Crippen LogP contribution in [0.3, 0.4) is 0 Å². The van der Waals surface area contributed by atoms with Gasteiger partial charge in [-0.2, -0.15) is 0 Å². The van der Waals surface area contributed by atoms with Crippen LogP contribution in [0.25, 0.3) is 0 Å². The van der Waals surface area contributed by atoms with Crippen LogP contribution in [-0.2, 0) is 13.0 Å². The van der Waals surface area contributed by atoms with E-state index in [-0.39, 0.29) is 0 Å². The van der Waals surface area contributed by atoms with Gasteiger partial charge in [0.1, 0.15) is 11.6 Å². The number of aliphatic imine (C=N–C) groups is 1. The Morgan fingerprint density at radius 2 is 2.05 bits per heavy atom. The summed E-state index contributed by atoms with van der Waals surface area (Å²) < 4.78 is 26.3. The Bertz CT molecular complexity index is 629. The van der Waals surface area contributed by atoms with Crippen molar-refractivity contribution in [1.82, 2.24) is 15.6 Å². The summed E-state index contributed by atoms with van der Waals surface area (Å²) in [5.41, 5.74) is 1.36. The fourth-order valence-electron chi connectivity index (χ4n) is 1.94. The number of aromatic nitrogens is 1. The fraction of sp³-hybridized carbons (Fsp3) is 0.250. The molecule has 0 fully saturated rings. The standard InChI is InChI=1S/C16H18F2N4/c1-19-16(22-11-14-4-2-3-8-20-14)21-9-7-12-5-6-13(17)10-15(12)18/h2-6,8,10H,7,9,11H2,1H3,(H2,19,21,22). The maximum absolute atomic E-state index is 13.5. The number of nitrogens with one attached hydrogen (secondary N) is 2. The molecule has 0 unspecified atom stereocenters. The summed E-state index contributed by atoms with van der Waals surface area (Å²) in [5.74, 6) is -0.492. The molecule has 0 radical (unpaired) electrons. The molecule has 116 valence electrons. The zero-order valence-electron chi connectivity index (χ0n) is 12.3. The summed E-state index contributed by atoms with van der Waals surface area (Å²) in [6.07, 6.45) is 2.17. The van der Waals surface area contributed by atoms with Gasteiger partial charge in [0.2, 0.25) is 0 Å². The first-order valence-electron chi connectivity index (χ1n) is 6.97. The molecular formula is C16H18F2N4. The van der Waals surface area contributed by atoms with Crippen LogP contribution in [0.1, 0.15) is 11.3 Å². The minimum absolute atomic E-state index is 0.441. The lowest BCUT2D eigenvalue weighted by Crippen LogP contribution is -2.38. The minimum atomic E-state index is -0.568. The molecule has 0 aliphatic heterocycles. The van der Waals surface area contributed by atoms with E-state index in [4.69, 9.17) is 0 Å². The second kappa shape index (κ2) is 8.07. The maximum atomic E-state index is 13.5. The molecule has 0 atom stereocenters. The highest BCUT2D eigenvalue weighted by molar-refractivity contribution is 5.79. The van der Waals surface area contributed by atoms with Crippen molar-refractivity contribution in [3.63, 3.8) is 0 Å². The van der Waals surface area contributed by atoms with E-state index in [9.17, 15) is 8.78 Å². The van der Waals surface area contributed by atoms with Crippen molar-refractivity contribution >= 4 is 5.96 Å². The summed E-state index contributed by atoms with van der Waals surface area (Å²) in [7, 11) is 1.66. The van der Waals surface area contributed by atoms with Gasteiger partial charge < -0.3 is 10.6 Å². The molecule has 22 heavy (non-hydrogen) atoms. The van der Waals surface area contributed by atoms with Gasteiger partial charge in [0.25, 0.3) is 0 Å². The Kier molecular flexibility index (Phi) is 5.82. The highest BCUT2D eigenvalue weighted by Gasteiger charge is 2.04. The monoisotopic (exact) mass is 304 g/mol. The summed E-state index contributed by atoms with van der Waals surface area (Å²) in [6.45, 7) is 1.04. The second-order valence-electron chi connectivity index (χ2n) is 4.66. The van der Waals surface area contributed by atoms with Crippen LogP contribution in [0.4, 0.5) is 8.78 Å². The average Bonchev–Trinajstić information content (AvgIpc) is 2.53. The first-order valence-corrected chi connectivity index (χ1v) is 6.97. The smallest absolute Gasteiger partial charge is 0.191 e. The van der Waals surface area contributed by atoms with E-state index in [1.165, 1.54) is 12.1 Å². The van der Waals surface area contributed by atoms with Crippen molar-refractivity contribution in [3.8, 4) is 0 Å². The molecule has 4 nitrogen and oxygen atoms in total. The second-order valence-corrected chi connectivity index (χ2v) is 4.66. The predicted molar refractivity (Wildman–Crippen MR) is 82.5 cm³/mol. The van der Waals surface area contributed by atoms with Crippen molar-refractivity contribution in [3.05, 3.63) is 65.5 Å². The maximum Gasteiger partial charge on any atom is 0.191 e. The number of pyridine rings is 1. The normalized spacial score (nSPS) is 11.3. The number of nitrogens with zero attached hydrogens (tertiary/aromatic N) is 2. The average molecular weight is 304 g/mol. The van der Waals surface area contributed by atoms with Crippen molar-refractivity contribution in [2.24, 2.45) is 4.99 Å². The van der Waals surface area contributed by atoms with Crippen LogP contribution in [0, 0.1) is 11.6 Å². The van der Waals surface area contributed by atoms with Crippen LogP contribution < -0.4 is 10.6 Å². The van der Waals surface area contributed by atoms with E-state index >= 15 is 0 Å². The van der Waals surface area contributed by atoms with Gasteiger partial charge in [-0.3, -0.25) is 9.98 Å². The van der Waals surface area contributed by atoms with Crippen LogP contribution in [-0.4, -0.2) is 24.5 Å². The summed E-state index contributed by atoms with van der Waals surface area (Å²) in [4.78, 5) is 8.29. The molecule has 1 aromatic carbocycles. The largest absolute Gasteiger partial charge is 0.356 e. The van der Waals surface area contributed by atoms with Gasteiger partial charge in [0.05, 0.1) is 12.2 Å². The highest BCUT2D eigenvalue weighted by Crippen LogP contribution is 2.09. The van der Waals surface area contributed by atoms with E-state index in [1.54, 1.807) is 13.2 Å². The van der Waals surface area contributed by atoms with Gasteiger partial charge in [-0.15, -0.1) is 0 Å². The van der Waals surface area contributed by atoms with Crippen LogP contribution in [0.15, 0.2) is 47.6 Å². The Morgan fingerprint density at radius 1 is 1.18 bits per heavy atom. The van der Waals surface area contributed by atoms with Gasteiger partial charge in [-0.05, 0) is 30.2 Å². The first-order chi connectivity index (χ1) is 10.7. The zero-order valence-corrected chi connectivity index (χ0v) is 12.3. The van der Waals surface area contributed by atoms with Gasteiger partial charge in [-0.1, -0.05) is 12.1 Å². The van der Waals surface area contributed by atoms with Crippen LogP contribution in [0.5, 0.6) is 0 Å². The van der Waals surface area contributed by atoms with Gasteiger partial charge in [0, 0.05) is 25.9 Å². The number of guanidine groups is 1. The topological polar surface area (TPSA) is 49.3 Å². The molecule has 0 amide bonds. The zero-order chi connectivity index (χ0) is 15.8. The molecule has 6 heteroatoms. The lowest BCUT2D eigenvalue weighted by Gasteiger charge is -2.11. The third-order valence-electron chi connectivity index (χ3n) is 3.09. The molecule has 0 aliphatic carbocycles. The third-order valence-corrected chi connectivity index (χ3v) is 3.09. The summed E-state index contributed by atoms with van der Waals surface area (Å²) in [6, 6.07) is 9.28. The predicted octanol–water partition coefficient (Wildman–Crippen LogP) is 2.27. The first kappa shape index (κ1) is 15.9. The Hall–Kier alpha value is -2.50. The van der Waals surface area contributed by atoms with Gasteiger partial charge in [-0.25, -0.2) is 8.78 Å². The molecule has 0 bridgehead atoms. The van der Waals surface area contributed by atoms with E-state index in [0.717, 1.165) is 11.8 Å². The van der Waals surface area contributed by atoms with Gasteiger partial charge >= 0.3 is 0 Å². The molecule has 2 N–H and O–H groups in total. The van der Waals surface area contributed by atoms with Crippen molar-refractivity contribution in [2.45, 2.75) is 13.0 Å². The molecule has 0 saturated heterocycles. The SMILES string of the molecule is CN=C(NCCc1ccc(F)cc1F)NCc1ccccn1. The Morgan fingerprint density at radius 3 is 2.73 bits per heavy atom. The molecule has 0 aliphatic rings. The third kappa shape index (κ3) is 4.80. The van der Waals surface area contributed by atoms with Gasteiger partial charge in [0.15, 0.2) is 5.96 Å². The van der Waals surface area contributed by atoms with Crippen LogP contribution >= 0.6 is 0 Å². The quantitative estimate of drug-likeness (QED) is 0.658. The lowest BCUT2D eigenvalue weighted by molar-refractivity contribution is 0.570. The summed E-state index contributed by atoms with van der Waals surface area (Å²) >= 11 is 0. The lowest BCUT2D eigenvalue weighted by atomic mass is 10.1. The molecular weight excluding hydrogens is 286 g/mol. The molecule has 2 aromatic rings. The number of hydrogen-bond acceptors (Lipinski definition) is 2. The highest BCUT2D eigenvalue weighted by atomic mass is 19.1. The van der Waals surface area contributed by atoms with Crippen molar-refractivity contribution < 1.29 is 8.78 Å². The number of hydrogen-bond donors (Lipinski definition) is 2. The molecule has 2 rings (SSSR count). The van der Waals surface area contributed by atoms with Crippen molar-refractivity contribution in [2.75, 3.05) is 13.6 Å². The number of rotatable bonds is 5. The molecule has 0 spiro atoms. The Balaban J connectivity index is 1.79. The molecule has 1 aromatic heterocycles. The van der Waals surface area contributed by atoms with Crippen molar-refractivity contribution in [1.29, 1.82) is 0 Å². The van der Waals surface area contributed by atoms with E-state index in [2.05, 4.69) is 20.6 Å². The molecule has 1 heterocycles. The van der Waals surface area contributed by atoms with Crippen LogP contribution in [0.2, 0.25) is 0 Å². The Labute approximate surface area is 128 Å². The number of halogens is 2. The van der Waals surface area contributed by atoms with E-state index < -0.39 is 11.6 Å².